The third kappa shape index (κ3) is 1.99. The quantitative estimate of drug-likeness (QED) is 0.901. The predicted octanol–water partition coefficient (Wildman–Crippen LogP) is 2.17. The van der Waals surface area contributed by atoms with E-state index in [0.717, 1.165) is 28.3 Å². The monoisotopic (exact) mass is 245 g/mol. The van der Waals surface area contributed by atoms with Crippen molar-refractivity contribution in [3.8, 4) is 17.0 Å². The first-order valence-electron chi connectivity index (χ1n) is 5.96. The second kappa shape index (κ2) is 4.82. The molecule has 0 fully saturated rings. The standard InChI is InChI=1S/C14H19N3O/c1-9-5-6-13(18-4)11(7-9)14-10(2)12(8-15)16-17(14)3/h5-7H,8,15H2,1-4H3. The van der Waals surface area contributed by atoms with E-state index in [1.165, 1.54) is 5.56 Å². The molecule has 0 atom stereocenters. The van der Waals surface area contributed by atoms with Gasteiger partial charge in [-0.15, -0.1) is 0 Å². The van der Waals surface area contributed by atoms with Crippen molar-refractivity contribution in [1.82, 2.24) is 9.78 Å². The Morgan fingerprint density at radius 1 is 1.33 bits per heavy atom. The van der Waals surface area contributed by atoms with Crippen molar-refractivity contribution in [3.05, 3.63) is 35.0 Å². The number of rotatable bonds is 3. The molecule has 0 aliphatic carbocycles. The number of methoxy groups -OCH3 is 1. The zero-order chi connectivity index (χ0) is 13.3. The SMILES string of the molecule is COc1ccc(C)cc1-c1c(C)c(CN)nn1C. The van der Waals surface area contributed by atoms with E-state index in [0.29, 0.717) is 6.54 Å². The van der Waals surface area contributed by atoms with Crippen LogP contribution in [-0.2, 0) is 13.6 Å². The zero-order valence-electron chi connectivity index (χ0n) is 11.3. The van der Waals surface area contributed by atoms with Gasteiger partial charge in [0, 0.05) is 19.2 Å². The summed E-state index contributed by atoms with van der Waals surface area (Å²) in [7, 11) is 3.62. The summed E-state index contributed by atoms with van der Waals surface area (Å²) < 4.78 is 7.31. The summed E-state index contributed by atoms with van der Waals surface area (Å²) in [6, 6.07) is 6.14. The van der Waals surface area contributed by atoms with Crippen molar-refractivity contribution in [2.45, 2.75) is 20.4 Å². The van der Waals surface area contributed by atoms with Gasteiger partial charge in [-0.2, -0.15) is 5.10 Å². The summed E-state index contributed by atoms with van der Waals surface area (Å²) in [4.78, 5) is 0. The highest BCUT2D eigenvalue weighted by atomic mass is 16.5. The van der Waals surface area contributed by atoms with E-state index in [4.69, 9.17) is 10.5 Å². The lowest BCUT2D eigenvalue weighted by Crippen LogP contribution is -1.99. The molecule has 0 unspecified atom stereocenters. The van der Waals surface area contributed by atoms with Crippen LogP contribution in [0.3, 0.4) is 0 Å². The van der Waals surface area contributed by atoms with Gasteiger partial charge >= 0.3 is 0 Å². The van der Waals surface area contributed by atoms with Gasteiger partial charge in [0.2, 0.25) is 0 Å². The highest BCUT2D eigenvalue weighted by molar-refractivity contribution is 5.71. The Kier molecular flexibility index (Phi) is 3.39. The molecule has 0 aliphatic rings. The number of ether oxygens (including phenoxy) is 1. The summed E-state index contributed by atoms with van der Waals surface area (Å²) in [5.41, 5.74) is 11.1. The zero-order valence-corrected chi connectivity index (χ0v) is 11.3. The second-order valence-electron chi connectivity index (χ2n) is 4.45. The van der Waals surface area contributed by atoms with Crippen LogP contribution < -0.4 is 10.5 Å². The normalized spacial score (nSPS) is 10.7. The minimum Gasteiger partial charge on any atom is -0.496 e. The van der Waals surface area contributed by atoms with Crippen molar-refractivity contribution in [1.29, 1.82) is 0 Å². The molecule has 0 bridgehead atoms. The Balaban J connectivity index is 2.68. The molecule has 2 rings (SSSR count). The average Bonchev–Trinajstić information content (AvgIpc) is 2.64. The fraction of sp³-hybridized carbons (Fsp3) is 0.357. The third-order valence-corrected chi connectivity index (χ3v) is 3.19. The van der Waals surface area contributed by atoms with Crippen LogP contribution in [0.5, 0.6) is 5.75 Å². The van der Waals surface area contributed by atoms with E-state index >= 15 is 0 Å². The molecule has 18 heavy (non-hydrogen) atoms. The Hall–Kier alpha value is -1.81. The first-order chi connectivity index (χ1) is 8.58. The molecule has 0 saturated heterocycles. The Bertz CT molecular complexity index is 573. The van der Waals surface area contributed by atoms with Gasteiger partial charge in [0.15, 0.2) is 0 Å². The van der Waals surface area contributed by atoms with E-state index in [1.54, 1.807) is 7.11 Å². The van der Waals surface area contributed by atoms with Crippen molar-refractivity contribution < 1.29 is 4.74 Å². The first kappa shape index (κ1) is 12.6. The van der Waals surface area contributed by atoms with Crippen LogP contribution in [0.1, 0.15) is 16.8 Å². The van der Waals surface area contributed by atoms with Crippen LogP contribution >= 0.6 is 0 Å². The lowest BCUT2D eigenvalue weighted by Gasteiger charge is -2.11. The van der Waals surface area contributed by atoms with Gasteiger partial charge in [-0.1, -0.05) is 11.6 Å². The van der Waals surface area contributed by atoms with E-state index in [1.807, 2.05) is 30.8 Å². The Morgan fingerprint density at radius 2 is 2.06 bits per heavy atom. The topological polar surface area (TPSA) is 53.1 Å². The number of aryl methyl sites for hydroxylation is 2. The number of hydrogen-bond acceptors (Lipinski definition) is 3. The molecule has 1 heterocycles. The molecule has 1 aromatic heterocycles. The van der Waals surface area contributed by atoms with E-state index in [2.05, 4.69) is 18.1 Å². The molecule has 0 saturated carbocycles. The maximum atomic E-state index is 5.70. The minimum absolute atomic E-state index is 0.452. The second-order valence-corrected chi connectivity index (χ2v) is 4.45. The molecular formula is C14H19N3O. The highest BCUT2D eigenvalue weighted by Crippen LogP contribution is 2.33. The van der Waals surface area contributed by atoms with Gasteiger partial charge in [-0.25, -0.2) is 0 Å². The number of nitrogens with two attached hydrogens (primary N) is 1. The summed E-state index contributed by atoms with van der Waals surface area (Å²) in [6.45, 7) is 4.57. The summed E-state index contributed by atoms with van der Waals surface area (Å²) in [6.07, 6.45) is 0. The molecule has 96 valence electrons. The lowest BCUT2D eigenvalue weighted by molar-refractivity contribution is 0.416. The van der Waals surface area contributed by atoms with Gasteiger partial charge < -0.3 is 10.5 Å². The average molecular weight is 245 g/mol. The lowest BCUT2D eigenvalue weighted by atomic mass is 10.0. The molecule has 1 aromatic carbocycles. The molecule has 4 heteroatoms. The van der Waals surface area contributed by atoms with Gasteiger partial charge in [-0.05, 0) is 31.5 Å². The fourth-order valence-corrected chi connectivity index (χ4v) is 2.26. The van der Waals surface area contributed by atoms with E-state index < -0.39 is 0 Å². The largest absolute Gasteiger partial charge is 0.496 e. The Morgan fingerprint density at radius 3 is 2.61 bits per heavy atom. The third-order valence-electron chi connectivity index (χ3n) is 3.19. The van der Waals surface area contributed by atoms with Crippen LogP contribution in [0.4, 0.5) is 0 Å². The highest BCUT2D eigenvalue weighted by Gasteiger charge is 2.16. The van der Waals surface area contributed by atoms with Crippen molar-refractivity contribution in [2.24, 2.45) is 12.8 Å². The Labute approximate surface area is 107 Å². The van der Waals surface area contributed by atoms with Crippen LogP contribution in [-0.4, -0.2) is 16.9 Å². The van der Waals surface area contributed by atoms with Crippen molar-refractivity contribution >= 4 is 0 Å². The molecule has 0 aliphatic heterocycles. The smallest absolute Gasteiger partial charge is 0.128 e. The van der Waals surface area contributed by atoms with E-state index in [-0.39, 0.29) is 0 Å². The molecule has 4 nitrogen and oxygen atoms in total. The molecule has 0 radical (unpaired) electrons. The molecule has 0 spiro atoms. The molecular weight excluding hydrogens is 226 g/mol. The number of nitrogens with zero attached hydrogens (tertiary/aromatic N) is 2. The van der Waals surface area contributed by atoms with Gasteiger partial charge in [0.1, 0.15) is 5.75 Å². The maximum absolute atomic E-state index is 5.70. The van der Waals surface area contributed by atoms with Crippen LogP contribution in [0.2, 0.25) is 0 Å². The summed E-state index contributed by atoms with van der Waals surface area (Å²) >= 11 is 0. The van der Waals surface area contributed by atoms with Gasteiger partial charge in [0.25, 0.3) is 0 Å². The van der Waals surface area contributed by atoms with Crippen LogP contribution in [0.15, 0.2) is 18.2 Å². The first-order valence-corrected chi connectivity index (χ1v) is 5.96. The van der Waals surface area contributed by atoms with Gasteiger partial charge in [-0.3, -0.25) is 4.68 Å². The van der Waals surface area contributed by atoms with Crippen molar-refractivity contribution in [3.63, 3.8) is 0 Å². The molecule has 0 amide bonds. The van der Waals surface area contributed by atoms with Crippen LogP contribution in [0, 0.1) is 13.8 Å². The van der Waals surface area contributed by atoms with Crippen LogP contribution in [0.25, 0.3) is 11.3 Å². The summed E-state index contributed by atoms with van der Waals surface area (Å²) in [5.74, 6) is 0.857. The number of benzene rings is 1. The van der Waals surface area contributed by atoms with Crippen molar-refractivity contribution in [2.75, 3.05) is 7.11 Å². The predicted molar refractivity (Wildman–Crippen MR) is 72.6 cm³/mol. The minimum atomic E-state index is 0.452. The molecule has 2 aromatic rings. The molecule has 2 N–H and O–H groups in total. The van der Waals surface area contributed by atoms with E-state index in [9.17, 15) is 0 Å². The number of aromatic nitrogens is 2. The van der Waals surface area contributed by atoms with Gasteiger partial charge in [0.05, 0.1) is 18.5 Å². The maximum Gasteiger partial charge on any atom is 0.128 e. The number of hydrogen-bond donors (Lipinski definition) is 1. The summed E-state index contributed by atoms with van der Waals surface area (Å²) in [5, 5.41) is 4.45. The fourth-order valence-electron chi connectivity index (χ4n) is 2.26.